The number of ether oxygens (including phenoxy) is 2. The molecule has 11 rings (SSSR count). The number of benzene rings is 3. The van der Waals surface area contributed by atoms with E-state index in [0.29, 0.717) is 66.1 Å². The third kappa shape index (κ3) is 4.97. The summed E-state index contributed by atoms with van der Waals surface area (Å²) in [7, 11) is 0. The lowest BCUT2D eigenvalue weighted by atomic mass is 9.89. The Bertz CT molecular complexity index is 2520. The lowest BCUT2D eigenvalue weighted by Gasteiger charge is -2.44. The van der Waals surface area contributed by atoms with Gasteiger partial charge in [0.05, 0.1) is 40.7 Å². The van der Waals surface area contributed by atoms with Crippen molar-refractivity contribution in [1.29, 1.82) is 0 Å². The first-order valence-electron chi connectivity index (χ1n) is 19.7. The smallest absolute Gasteiger partial charge is 0.319 e. The minimum absolute atomic E-state index is 0.0257. The molecule has 5 aromatic rings. The fourth-order valence-electron chi connectivity index (χ4n) is 11.0. The average Bonchev–Trinajstić information content (AvgIpc) is 3.60. The number of alkyl halides is 2. The number of anilines is 1. The number of hydrogen-bond acceptors (Lipinski definition) is 9. The van der Waals surface area contributed by atoms with E-state index >= 15 is 8.78 Å². The standard InChI is InChI=1S/C43H41F4N5O4/c1-3-29-32(44)8-5-25-12-28(53)13-30(33(25)29)34-36(45)37-35(31-11-23(2)56-38(31)34)39(50-15-26-6-7-27(16-50)52(26)14-24-17-54-18-24)49-40(48-37)55-22-42-9-4-10-51(42)21-41(19-42)20-43(41,46)47/h1,5,8,11-13,24,26-27,53H,4,6-7,9-10,14-22H2,2H3/t26?,27?,41-,42-/m1/s1. The molecule has 5 aliphatic heterocycles. The number of aromatic nitrogens is 2. The summed E-state index contributed by atoms with van der Waals surface area (Å²) in [6.07, 6.45) is 9.71. The van der Waals surface area contributed by atoms with Gasteiger partial charge in [-0.3, -0.25) is 9.80 Å². The molecule has 1 N–H and O–H groups in total. The Balaban J connectivity index is 1.09. The van der Waals surface area contributed by atoms with Crippen LogP contribution in [0.3, 0.4) is 0 Å². The van der Waals surface area contributed by atoms with E-state index in [9.17, 15) is 13.9 Å². The molecule has 1 aliphatic carbocycles. The molecule has 4 atom stereocenters. The number of nitrogens with zero attached hydrogens (tertiary/aromatic N) is 5. The summed E-state index contributed by atoms with van der Waals surface area (Å²) in [6, 6.07) is 7.86. The van der Waals surface area contributed by atoms with Crippen molar-refractivity contribution in [2.75, 3.05) is 57.4 Å². The normalized spacial score (nSPS) is 28.5. The van der Waals surface area contributed by atoms with Crippen LogP contribution in [-0.4, -0.2) is 101 Å². The number of phenols is 1. The summed E-state index contributed by atoms with van der Waals surface area (Å²) in [5.41, 5.74) is -1.38. The predicted octanol–water partition coefficient (Wildman–Crippen LogP) is 7.41. The monoisotopic (exact) mass is 767 g/mol. The summed E-state index contributed by atoms with van der Waals surface area (Å²) in [4.78, 5) is 16.8. The van der Waals surface area contributed by atoms with Gasteiger partial charge in [-0.25, -0.2) is 17.6 Å². The molecule has 13 heteroatoms. The summed E-state index contributed by atoms with van der Waals surface area (Å²) in [5, 5.41) is 12.6. The number of phenolic OH excluding ortho intramolecular Hbond substituents is 1. The minimum Gasteiger partial charge on any atom is -0.508 e. The molecule has 9 nitrogen and oxygen atoms in total. The maximum absolute atomic E-state index is 17.8. The highest BCUT2D eigenvalue weighted by Crippen LogP contribution is 2.69. The lowest BCUT2D eigenvalue weighted by molar-refractivity contribution is -0.0538. The van der Waals surface area contributed by atoms with Crippen molar-refractivity contribution in [3.05, 3.63) is 53.3 Å². The number of aryl methyl sites for hydroxylation is 1. The molecule has 2 bridgehead atoms. The van der Waals surface area contributed by atoms with Crippen LogP contribution in [0, 0.1) is 42.2 Å². The third-order valence-corrected chi connectivity index (χ3v) is 13.8. The predicted molar refractivity (Wildman–Crippen MR) is 202 cm³/mol. The maximum Gasteiger partial charge on any atom is 0.319 e. The van der Waals surface area contributed by atoms with Gasteiger partial charge in [0.25, 0.3) is 5.92 Å². The Morgan fingerprint density at radius 1 is 1.05 bits per heavy atom. The number of hydrogen-bond donors (Lipinski definition) is 1. The number of piperazine rings is 1. The highest BCUT2D eigenvalue weighted by Gasteiger charge is 2.77. The van der Waals surface area contributed by atoms with Crippen LogP contribution >= 0.6 is 0 Å². The molecule has 1 spiro atoms. The van der Waals surface area contributed by atoms with Crippen LogP contribution in [0.4, 0.5) is 23.4 Å². The summed E-state index contributed by atoms with van der Waals surface area (Å²) >= 11 is 0. The maximum atomic E-state index is 17.8. The van der Waals surface area contributed by atoms with E-state index in [2.05, 4.69) is 20.6 Å². The van der Waals surface area contributed by atoms with Gasteiger partial charge in [-0.2, -0.15) is 9.97 Å². The van der Waals surface area contributed by atoms with Gasteiger partial charge >= 0.3 is 6.01 Å². The van der Waals surface area contributed by atoms with Crippen LogP contribution in [0.25, 0.3) is 43.8 Å². The van der Waals surface area contributed by atoms with Crippen molar-refractivity contribution < 1.29 is 36.6 Å². The second-order valence-corrected chi connectivity index (χ2v) is 17.3. The fourth-order valence-corrected chi connectivity index (χ4v) is 11.0. The van der Waals surface area contributed by atoms with Crippen LogP contribution in [-0.2, 0) is 4.74 Å². The van der Waals surface area contributed by atoms with Crippen molar-refractivity contribution in [2.24, 2.45) is 11.3 Å². The van der Waals surface area contributed by atoms with Crippen LogP contribution in [0.15, 0.2) is 34.7 Å². The summed E-state index contributed by atoms with van der Waals surface area (Å²) < 4.78 is 80.7. The molecule has 290 valence electrons. The van der Waals surface area contributed by atoms with Gasteiger partial charge in [0.2, 0.25) is 0 Å². The largest absolute Gasteiger partial charge is 0.508 e. The molecule has 2 unspecified atom stereocenters. The van der Waals surface area contributed by atoms with Crippen LogP contribution in [0.2, 0.25) is 0 Å². The van der Waals surface area contributed by atoms with Crippen molar-refractivity contribution in [3.8, 4) is 35.2 Å². The van der Waals surface area contributed by atoms with E-state index in [1.54, 1.807) is 6.92 Å². The van der Waals surface area contributed by atoms with Gasteiger partial charge in [-0.15, -0.1) is 6.42 Å². The van der Waals surface area contributed by atoms with Crippen LogP contribution < -0.4 is 9.64 Å². The van der Waals surface area contributed by atoms with Gasteiger partial charge in [0.1, 0.15) is 40.9 Å². The molecule has 6 aliphatic rings. The van der Waals surface area contributed by atoms with Gasteiger partial charge in [-0.05, 0) is 75.2 Å². The first kappa shape index (κ1) is 34.6. The van der Waals surface area contributed by atoms with E-state index in [4.69, 9.17) is 30.3 Å². The molecule has 5 saturated heterocycles. The minimum atomic E-state index is -2.68. The summed E-state index contributed by atoms with van der Waals surface area (Å²) in [5.74, 6) is -0.305. The van der Waals surface area contributed by atoms with Crippen molar-refractivity contribution in [3.63, 3.8) is 0 Å². The lowest BCUT2D eigenvalue weighted by Crippen LogP contribution is -2.56. The molecular weight excluding hydrogens is 726 g/mol. The highest BCUT2D eigenvalue weighted by molar-refractivity contribution is 6.18. The Morgan fingerprint density at radius 3 is 2.55 bits per heavy atom. The van der Waals surface area contributed by atoms with Crippen molar-refractivity contribution in [2.45, 2.75) is 69.0 Å². The Labute approximate surface area is 320 Å². The van der Waals surface area contributed by atoms with E-state index in [1.165, 1.54) is 24.3 Å². The molecule has 0 radical (unpaired) electrons. The molecule has 0 amide bonds. The molecule has 56 heavy (non-hydrogen) atoms. The van der Waals surface area contributed by atoms with Gasteiger partial charge in [0, 0.05) is 66.9 Å². The first-order chi connectivity index (χ1) is 27.0. The number of terminal acetylenes is 1. The number of rotatable bonds is 7. The number of aromatic hydroxyl groups is 1. The average molecular weight is 768 g/mol. The van der Waals surface area contributed by atoms with Gasteiger partial charge in [-0.1, -0.05) is 12.0 Å². The van der Waals surface area contributed by atoms with Crippen LogP contribution in [0.5, 0.6) is 11.8 Å². The van der Waals surface area contributed by atoms with E-state index in [-0.39, 0.29) is 70.0 Å². The molecule has 3 aromatic carbocycles. The molecular formula is C43H41F4N5O4. The number of halogens is 4. The fraction of sp³-hybridized carbons (Fsp3) is 0.488. The SMILES string of the molecule is C#Cc1c(F)ccc2cc(O)cc(-c3c(F)c4nc(OC[C@]56CCCN5C[C@]5(CC5(F)F)C6)nc(N5CC6CCC(C5)N6CC5COC5)c4c4cc(C)oc34)c12. The first-order valence-corrected chi connectivity index (χ1v) is 19.7. The molecule has 2 aromatic heterocycles. The topological polar surface area (TPSA) is 87.3 Å². The van der Waals surface area contributed by atoms with E-state index in [0.717, 1.165) is 45.6 Å². The second kappa shape index (κ2) is 11.9. The van der Waals surface area contributed by atoms with E-state index in [1.807, 2.05) is 6.07 Å². The van der Waals surface area contributed by atoms with Crippen LogP contribution in [0.1, 0.15) is 49.8 Å². The summed E-state index contributed by atoms with van der Waals surface area (Å²) in [6.45, 7) is 6.77. The van der Waals surface area contributed by atoms with Gasteiger partial charge < -0.3 is 23.9 Å². The zero-order valence-electron chi connectivity index (χ0n) is 31.0. The Kier molecular flexibility index (Phi) is 7.38. The Morgan fingerprint density at radius 2 is 1.84 bits per heavy atom. The number of fused-ring (bicyclic) bond motifs is 7. The Hall–Kier alpha value is -4.64. The quantitative estimate of drug-likeness (QED) is 0.134. The molecule has 6 fully saturated rings. The molecule has 1 saturated carbocycles. The zero-order valence-corrected chi connectivity index (χ0v) is 31.0. The van der Waals surface area contributed by atoms with Gasteiger partial charge in [0.15, 0.2) is 5.82 Å². The van der Waals surface area contributed by atoms with Crippen molar-refractivity contribution >= 4 is 38.5 Å². The van der Waals surface area contributed by atoms with Crippen molar-refractivity contribution in [1.82, 2.24) is 19.8 Å². The van der Waals surface area contributed by atoms with E-state index < -0.39 is 28.5 Å². The molecule has 7 heterocycles. The zero-order chi connectivity index (χ0) is 38.3. The highest BCUT2D eigenvalue weighted by atomic mass is 19.3. The second-order valence-electron chi connectivity index (χ2n) is 17.3. The number of furan rings is 1. The third-order valence-electron chi connectivity index (χ3n) is 13.8.